The fourth-order valence-corrected chi connectivity index (χ4v) is 1.95. The molecule has 1 aromatic carbocycles. The molecule has 0 spiro atoms. The average molecular weight is 203 g/mol. The standard InChI is InChI=1S/C12H15N.C2H6/c1-4-10-9(3)13-12-6-5-8(2)7-11(10)12;1-2/h5-7,13H,4H2,1-3H3;1-2H3. The molecule has 0 unspecified atom stereocenters. The Morgan fingerprint density at radius 3 is 2.40 bits per heavy atom. The second kappa shape index (κ2) is 5.01. The summed E-state index contributed by atoms with van der Waals surface area (Å²) in [6.45, 7) is 10.5. The summed E-state index contributed by atoms with van der Waals surface area (Å²) in [7, 11) is 0. The number of aromatic nitrogens is 1. The summed E-state index contributed by atoms with van der Waals surface area (Å²) >= 11 is 0. The van der Waals surface area contributed by atoms with Crippen molar-refractivity contribution >= 4 is 10.9 Å². The van der Waals surface area contributed by atoms with Crippen LogP contribution in [0.4, 0.5) is 0 Å². The van der Waals surface area contributed by atoms with E-state index >= 15 is 0 Å². The van der Waals surface area contributed by atoms with Crippen LogP contribution in [0.15, 0.2) is 18.2 Å². The first-order valence-electron chi connectivity index (χ1n) is 5.80. The topological polar surface area (TPSA) is 15.8 Å². The van der Waals surface area contributed by atoms with E-state index < -0.39 is 0 Å². The van der Waals surface area contributed by atoms with Gasteiger partial charge in [0.05, 0.1) is 0 Å². The van der Waals surface area contributed by atoms with Crippen LogP contribution in [0.1, 0.15) is 37.6 Å². The first-order valence-corrected chi connectivity index (χ1v) is 5.80. The maximum Gasteiger partial charge on any atom is 0.0459 e. The van der Waals surface area contributed by atoms with Crippen LogP contribution in [0, 0.1) is 13.8 Å². The molecule has 1 heterocycles. The molecule has 0 atom stereocenters. The van der Waals surface area contributed by atoms with Crippen molar-refractivity contribution in [3.8, 4) is 0 Å². The summed E-state index contributed by atoms with van der Waals surface area (Å²) in [6, 6.07) is 6.58. The average Bonchev–Trinajstić information content (AvgIpc) is 2.56. The Hall–Kier alpha value is -1.24. The van der Waals surface area contributed by atoms with Gasteiger partial charge in [0.1, 0.15) is 0 Å². The van der Waals surface area contributed by atoms with E-state index in [1.807, 2.05) is 13.8 Å². The third-order valence-electron chi connectivity index (χ3n) is 2.63. The van der Waals surface area contributed by atoms with Gasteiger partial charge in [-0.25, -0.2) is 0 Å². The second-order valence-electron chi connectivity index (χ2n) is 3.63. The van der Waals surface area contributed by atoms with Crippen molar-refractivity contribution in [3.05, 3.63) is 35.0 Å². The molecule has 2 rings (SSSR count). The summed E-state index contributed by atoms with van der Waals surface area (Å²) in [6.07, 6.45) is 1.11. The number of rotatable bonds is 1. The molecule has 0 radical (unpaired) electrons. The zero-order valence-electron chi connectivity index (χ0n) is 10.4. The largest absolute Gasteiger partial charge is 0.358 e. The molecule has 0 saturated heterocycles. The number of benzene rings is 1. The Morgan fingerprint density at radius 1 is 1.13 bits per heavy atom. The summed E-state index contributed by atoms with van der Waals surface area (Å²) in [4.78, 5) is 3.41. The molecule has 15 heavy (non-hydrogen) atoms. The van der Waals surface area contributed by atoms with E-state index in [0.717, 1.165) is 6.42 Å². The van der Waals surface area contributed by atoms with Crippen LogP contribution in [0.25, 0.3) is 10.9 Å². The van der Waals surface area contributed by atoms with E-state index in [1.54, 1.807) is 0 Å². The van der Waals surface area contributed by atoms with Crippen molar-refractivity contribution in [2.75, 3.05) is 0 Å². The van der Waals surface area contributed by atoms with Gasteiger partial charge in [-0.05, 0) is 38.0 Å². The Balaban J connectivity index is 0.000000531. The molecule has 82 valence electrons. The Morgan fingerprint density at radius 2 is 1.80 bits per heavy atom. The fourth-order valence-electron chi connectivity index (χ4n) is 1.95. The predicted octanol–water partition coefficient (Wildman–Crippen LogP) is 4.37. The van der Waals surface area contributed by atoms with Crippen LogP contribution in [0.3, 0.4) is 0 Å². The SMILES string of the molecule is CC.CCc1c(C)[nH]c2ccc(C)cc12. The third kappa shape index (κ3) is 2.23. The molecule has 1 nitrogen and oxygen atoms in total. The van der Waals surface area contributed by atoms with Gasteiger partial charge in [0.25, 0.3) is 0 Å². The lowest BCUT2D eigenvalue weighted by atomic mass is 10.1. The highest BCUT2D eigenvalue weighted by Crippen LogP contribution is 2.23. The van der Waals surface area contributed by atoms with Crippen molar-refractivity contribution in [1.82, 2.24) is 4.98 Å². The van der Waals surface area contributed by atoms with Crippen LogP contribution in [-0.4, -0.2) is 4.98 Å². The Kier molecular flexibility index (Phi) is 3.96. The van der Waals surface area contributed by atoms with Gasteiger partial charge in [-0.15, -0.1) is 0 Å². The van der Waals surface area contributed by atoms with Crippen molar-refractivity contribution in [3.63, 3.8) is 0 Å². The smallest absolute Gasteiger partial charge is 0.0459 e. The number of fused-ring (bicyclic) bond motifs is 1. The van der Waals surface area contributed by atoms with Gasteiger partial charge in [-0.2, -0.15) is 0 Å². The lowest BCUT2D eigenvalue weighted by molar-refractivity contribution is 1.11. The highest BCUT2D eigenvalue weighted by molar-refractivity contribution is 5.85. The molecule has 0 amide bonds. The number of H-pyrrole nitrogens is 1. The summed E-state index contributed by atoms with van der Waals surface area (Å²) < 4.78 is 0. The zero-order valence-corrected chi connectivity index (χ0v) is 10.4. The molecule has 0 aliphatic rings. The quantitative estimate of drug-likeness (QED) is 0.708. The van der Waals surface area contributed by atoms with E-state index in [4.69, 9.17) is 0 Å². The molecule has 0 bridgehead atoms. The van der Waals surface area contributed by atoms with Gasteiger partial charge < -0.3 is 4.98 Å². The number of aromatic amines is 1. The minimum absolute atomic E-state index is 1.11. The van der Waals surface area contributed by atoms with E-state index in [9.17, 15) is 0 Å². The second-order valence-corrected chi connectivity index (χ2v) is 3.63. The molecule has 0 aliphatic heterocycles. The van der Waals surface area contributed by atoms with E-state index in [1.165, 1.54) is 27.7 Å². The minimum Gasteiger partial charge on any atom is -0.358 e. The summed E-state index contributed by atoms with van der Waals surface area (Å²) in [5, 5.41) is 1.39. The lowest BCUT2D eigenvalue weighted by Gasteiger charge is -1.96. The third-order valence-corrected chi connectivity index (χ3v) is 2.63. The Bertz CT molecular complexity index is 438. The first-order chi connectivity index (χ1) is 7.22. The van der Waals surface area contributed by atoms with Gasteiger partial charge in [0.15, 0.2) is 0 Å². The molecule has 1 aromatic heterocycles. The van der Waals surface area contributed by atoms with Crippen molar-refractivity contribution in [2.45, 2.75) is 41.0 Å². The summed E-state index contributed by atoms with van der Waals surface area (Å²) in [5.41, 5.74) is 5.36. The van der Waals surface area contributed by atoms with Crippen LogP contribution < -0.4 is 0 Å². The molecule has 1 N–H and O–H groups in total. The first kappa shape index (κ1) is 11.8. The number of hydrogen-bond donors (Lipinski definition) is 1. The number of nitrogens with one attached hydrogen (secondary N) is 1. The van der Waals surface area contributed by atoms with E-state index in [-0.39, 0.29) is 0 Å². The summed E-state index contributed by atoms with van der Waals surface area (Å²) in [5.74, 6) is 0. The van der Waals surface area contributed by atoms with Crippen LogP contribution in [0.2, 0.25) is 0 Å². The lowest BCUT2D eigenvalue weighted by Crippen LogP contribution is -1.80. The van der Waals surface area contributed by atoms with Crippen LogP contribution in [-0.2, 0) is 6.42 Å². The van der Waals surface area contributed by atoms with Crippen molar-refractivity contribution in [2.24, 2.45) is 0 Å². The van der Waals surface area contributed by atoms with Gasteiger partial charge in [0, 0.05) is 16.6 Å². The van der Waals surface area contributed by atoms with Gasteiger partial charge in [-0.1, -0.05) is 32.4 Å². The Labute approximate surface area is 92.5 Å². The molecule has 2 aromatic rings. The predicted molar refractivity (Wildman–Crippen MR) is 68.5 cm³/mol. The molecular formula is C14H21N. The maximum atomic E-state index is 3.41. The van der Waals surface area contributed by atoms with Gasteiger partial charge in [-0.3, -0.25) is 0 Å². The highest BCUT2D eigenvalue weighted by atomic mass is 14.7. The number of hydrogen-bond acceptors (Lipinski definition) is 0. The van der Waals surface area contributed by atoms with Crippen molar-refractivity contribution < 1.29 is 0 Å². The number of aryl methyl sites for hydroxylation is 3. The molecule has 1 heteroatoms. The van der Waals surface area contributed by atoms with Crippen molar-refractivity contribution in [1.29, 1.82) is 0 Å². The highest BCUT2D eigenvalue weighted by Gasteiger charge is 2.05. The normalized spacial score (nSPS) is 9.93. The van der Waals surface area contributed by atoms with Crippen LogP contribution in [0.5, 0.6) is 0 Å². The van der Waals surface area contributed by atoms with E-state index in [0.29, 0.717) is 0 Å². The minimum atomic E-state index is 1.11. The maximum absolute atomic E-state index is 3.41. The van der Waals surface area contributed by atoms with Gasteiger partial charge >= 0.3 is 0 Å². The van der Waals surface area contributed by atoms with E-state index in [2.05, 4.69) is 44.0 Å². The van der Waals surface area contributed by atoms with Gasteiger partial charge in [0.2, 0.25) is 0 Å². The monoisotopic (exact) mass is 203 g/mol. The van der Waals surface area contributed by atoms with Crippen LogP contribution >= 0.6 is 0 Å². The molecule has 0 aliphatic carbocycles. The zero-order chi connectivity index (χ0) is 11.4. The fraction of sp³-hybridized carbons (Fsp3) is 0.429. The molecule has 0 fully saturated rings. The molecule has 0 saturated carbocycles. The molecular weight excluding hydrogens is 182 g/mol.